The van der Waals surface area contributed by atoms with Crippen molar-refractivity contribution in [2.24, 2.45) is 5.73 Å². The van der Waals surface area contributed by atoms with E-state index in [1.54, 1.807) is 11.3 Å². The van der Waals surface area contributed by atoms with E-state index in [0.717, 1.165) is 35.8 Å². The summed E-state index contributed by atoms with van der Waals surface area (Å²) in [7, 11) is 0. The van der Waals surface area contributed by atoms with E-state index in [4.69, 9.17) is 5.73 Å². The Morgan fingerprint density at radius 1 is 1.53 bits per heavy atom. The second-order valence-electron chi connectivity index (χ2n) is 4.29. The quantitative estimate of drug-likeness (QED) is 0.882. The summed E-state index contributed by atoms with van der Waals surface area (Å²) in [5, 5.41) is 3.19. The third kappa shape index (κ3) is 3.38. The van der Waals surface area contributed by atoms with Gasteiger partial charge in [0.2, 0.25) is 0 Å². The minimum atomic E-state index is 0.209. The van der Waals surface area contributed by atoms with Crippen LogP contribution in [0.1, 0.15) is 29.7 Å². The number of nitrogens with zero attached hydrogens (tertiary/aromatic N) is 3. The van der Waals surface area contributed by atoms with E-state index in [1.165, 1.54) is 0 Å². The van der Waals surface area contributed by atoms with Gasteiger partial charge in [-0.05, 0) is 13.3 Å². The Hall–Kier alpha value is -1.20. The van der Waals surface area contributed by atoms with Crippen LogP contribution in [0.2, 0.25) is 0 Å². The topological polar surface area (TPSA) is 56.7 Å². The van der Waals surface area contributed by atoms with Crippen LogP contribution in [-0.4, -0.2) is 20.6 Å². The molecular weight excluding hydrogens is 232 g/mol. The van der Waals surface area contributed by atoms with Crippen LogP contribution in [0.3, 0.4) is 0 Å². The van der Waals surface area contributed by atoms with Crippen molar-refractivity contribution in [3.8, 4) is 0 Å². The summed E-state index contributed by atoms with van der Waals surface area (Å²) in [6, 6.07) is 0.209. The van der Waals surface area contributed by atoms with Crippen molar-refractivity contribution in [1.29, 1.82) is 0 Å². The molecule has 5 heteroatoms. The molecule has 1 unspecified atom stereocenters. The molecular formula is C12H18N4S. The van der Waals surface area contributed by atoms with Crippen molar-refractivity contribution >= 4 is 11.3 Å². The fourth-order valence-corrected chi connectivity index (χ4v) is 2.42. The largest absolute Gasteiger partial charge is 0.330 e. The lowest BCUT2D eigenvalue weighted by molar-refractivity contribution is 0.638. The van der Waals surface area contributed by atoms with Crippen LogP contribution in [0, 0.1) is 6.92 Å². The number of hydrogen-bond acceptors (Lipinski definition) is 4. The number of imidazole rings is 1. The minimum Gasteiger partial charge on any atom is -0.330 e. The van der Waals surface area contributed by atoms with E-state index in [0.29, 0.717) is 0 Å². The van der Waals surface area contributed by atoms with Crippen LogP contribution < -0.4 is 5.73 Å². The predicted molar refractivity (Wildman–Crippen MR) is 70.2 cm³/mol. The maximum absolute atomic E-state index is 5.91. The number of rotatable bonds is 5. The van der Waals surface area contributed by atoms with Gasteiger partial charge in [0.1, 0.15) is 5.01 Å². The highest BCUT2D eigenvalue weighted by Gasteiger charge is 2.06. The first-order valence-corrected chi connectivity index (χ1v) is 6.72. The highest BCUT2D eigenvalue weighted by atomic mass is 32.1. The summed E-state index contributed by atoms with van der Waals surface area (Å²) in [5.74, 6) is 0. The maximum Gasteiger partial charge on any atom is 0.113 e. The molecule has 1 atom stereocenters. The molecule has 2 N–H and O–H groups in total. The summed E-state index contributed by atoms with van der Waals surface area (Å²) in [5.41, 5.74) is 8.06. The van der Waals surface area contributed by atoms with Crippen molar-refractivity contribution in [2.75, 3.05) is 0 Å². The molecule has 0 saturated carbocycles. The van der Waals surface area contributed by atoms with Gasteiger partial charge in [-0.25, -0.2) is 9.97 Å². The van der Waals surface area contributed by atoms with Crippen LogP contribution in [-0.2, 0) is 13.0 Å². The van der Waals surface area contributed by atoms with Crippen LogP contribution in [0.4, 0.5) is 0 Å². The molecule has 0 fully saturated rings. The lowest BCUT2D eigenvalue weighted by Crippen LogP contribution is -2.21. The SMILES string of the molecule is CCC(N)Cc1cn(Cc2nc(C)cs2)cn1. The number of hydrogen-bond donors (Lipinski definition) is 1. The van der Waals surface area contributed by atoms with E-state index in [9.17, 15) is 0 Å². The molecule has 0 saturated heterocycles. The van der Waals surface area contributed by atoms with Crippen LogP contribution in [0.5, 0.6) is 0 Å². The fourth-order valence-electron chi connectivity index (χ4n) is 1.64. The van der Waals surface area contributed by atoms with Crippen molar-refractivity contribution in [3.05, 3.63) is 34.3 Å². The Balaban J connectivity index is 1.98. The van der Waals surface area contributed by atoms with Gasteiger partial charge < -0.3 is 10.3 Å². The zero-order valence-corrected chi connectivity index (χ0v) is 11.1. The van der Waals surface area contributed by atoms with Gasteiger partial charge in [0, 0.05) is 29.7 Å². The molecule has 4 nitrogen and oxygen atoms in total. The maximum atomic E-state index is 5.91. The molecule has 0 bridgehead atoms. The Morgan fingerprint density at radius 3 is 3.00 bits per heavy atom. The van der Waals surface area contributed by atoms with Crippen molar-refractivity contribution in [1.82, 2.24) is 14.5 Å². The van der Waals surface area contributed by atoms with Crippen LogP contribution in [0.25, 0.3) is 0 Å². The number of nitrogens with two attached hydrogens (primary N) is 1. The zero-order valence-electron chi connectivity index (χ0n) is 10.3. The fraction of sp³-hybridized carbons (Fsp3) is 0.500. The van der Waals surface area contributed by atoms with Crippen molar-refractivity contribution in [3.63, 3.8) is 0 Å². The Kier molecular flexibility index (Phi) is 3.91. The molecule has 0 amide bonds. The molecule has 2 aromatic heterocycles. The molecule has 2 heterocycles. The predicted octanol–water partition coefficient (Wildman–Crippen LogP) is 1.98. The average molecular weight is 250 g/mol. The Morgan fingerprint density at radius 2 is 2.35 bits per heavy atom. The second-order valence-corrected chi connectivity index (χ2v) is 5.24. The van der Waals surface area contributed by atoms with E-state index in [2.05, 4.69) is 33.0 Å². The second kappa shape index (κ2) is 5.42. The molecule has 92 valence electrons. The van der Waals surface area contributed by atoms with Gasteiger partial charge in [-0.2, -0.15) is 0 Å². The highest BCUT2D eigenvalue weighted by Crippen LogP contribution is 2.11. The van der Waals surface area contributed by atoms with Gasteiger partial charge in [-0.1, -0.05) is 6.92 Å². The van der Waals surface area contributed by atoms with Gasteiger partial charge in [0.25, 0.3) is 0 Å². The van der Waals surface area contributed by atoms with Crippen LogP contribution in [0.15, 0.2) is 17.9 Å². The van der Waals surface area contributed by atoms with Gasteiger partial charge >= 0.3 is 0 Å². The normalized spacial score (nSPS) is 12.9. The van der Waals surface area contributed by atoms with Crippen LogP contribution >= 0.6 is 11.3 Å². The monoisotopic (exact) mass is 250 g/mol. The Labute approximate surface area is 106 Å². The molecule has 0 aliphatic carbocycles. The first kappa shape index (κ1) is 12.3. The number of thiazole rings is 1. The minimum absolute atomic E-state index is 0.209. The summed E-state index contributed by atoms with van der Waals surface area (Å²) in [4.78, 5) is 8.80. The Bertz CT molecular complexity index is 474. The summed E-state index contributed by atoms with van der Waals surface area (Å²) in [6.07, 6.45) is 5.75. The lowest BCUT2D eigenvalue weighted by Gasteiger charge is -2.04. The van der Waals surface area contributed by atoms with Gasteiger partial charge in [0.15, 0.2) is 0 Å². The van der Waals surface area contributed by atoms with E-state index in [1.807, 2.05) is 13.3 Å². The lowest BCUT2D eigenvalue weighted by atomic mass is 10.1. The van der Waals surface area contributed by atoms with Gasteiger partial charge in [0.05, 0.1) is 18.6 Å². The van der Waals surface area contributed by atoms with Crippen molar-refractivity contribution in [2.45, 2.75) is 39.3 Å². The molecule has 2 rings (SSSR count). The molecule has 2 aromatic rings. The summed E-state index contributed by atoms with van der Waals surface area (Å²) in [6.45, 7) is 4.91. The van der Waals surface area contributed by atoms with Gasteiger partial charge in [-0.3, -0.25) is 0 Å². The first-order valence-electron chi connectivity index (χ1n) is 5.84. The third-order valence-electron chi connectivity index (χ3n) is 2.67. The standard InChI is InChI=1S/C12H18N4S/c1-3-10(13)4-11-5-16(8-14-11)6-12-15-9(2)7-17-12/h5,7-8,10H,3-4,6,13H2,1-2H3. The molecule has 17 heavy (non-hydrogen) atoms. The van der Waals surface area contributed by atoms with Crippen molar-refractivity contribution < 1.29 is 0 Å². The van der Waals surface area contributed by atoms with E-state index < -0.39 is 0 Å². The molecule has 0 aliphatic heterocycles. The average Bonchev–Trinajstić information content (AvgIpc) is 2.89. The zero-order chi connectivity index (χ0) is 12.3. The third-order valence-corrected chi connectivity index (χ3v) is 3.62. The first-order chi connectivity index (χ1) is 8.17. The molecule has 0 spiro atoms. The van der Waals surface area contributed by atoms with E-state index in [-0.39, 0.29) is 6.04 Å². The van der Waals surface area contributed by atoms with Gasteiger partial charge in [-0.15, -0.1) is 11.3 Å². The number of aryl methyl sites for hydroxylation is 1. The molecule has 0 radical (unpaired) electrons. The molecule has 0 aromatic carbocycles. The van der Waals surface area contributed by atoms with E-state index >= 15 is 0 Å². The highest BCUT2D eigenvalue weighted by molar-refractivity contribution is 7.09. The molecule has 0 aliphatic rings. The summed E-state index contributed by atoms with van der Waals surface area (Å²) >= 11 is 1.69. The summed E-state index contributed by atoms with van der Waals surface area (Å²) < 4.78 is 2.07. The number of aromatic nitrogens is 3. The smallest absolute Gasteiger partial charge is 0.113 e.